The van der Waals surface area contributed by atoms with E-state index in [1.807, 2.05) is 13.8 Å². The van der Waals surface area contributed by atoms with Crippen LogP contribution in [0.3, 0.4) is 0 Å². The summed E-state index contributed by atoms with van der Waals surface area (Å²) < 4.78 is 1.62. The fraction of sp³-hybridized carbons (Fsp3) is 0.353. The normalized spacial score (nSPS) is 10.5. The molecule has 0 bridgehead atoms. The summed E-state index contributed by atoms with van der Waals surface area (Å²) in [6.07, 6.45) is 0. The Bertz CT molecular complexity index is 722. The van der Waals surface area contributed by atoms with E-state index >= 15 is 0 Å². The minimum Gasteiger partial charge on any atom is -0.395 e. The standard InChI is InChI=1S/C17H22N4O3/c1-4-20(9-10-22)17(24)14-5-7-15(8-6-14)21-16(18-13(3)23)11-12(2)19-21/h5-8,11,22H,4,9-10H2,1-3H3,(H,18,23). The van der Waals surface area contributed by atoms with E-state index in [0.717, 1.165) is 11.4 Å². The largest absolute Gasteiger partial charge is 0.395 e. The Hall–Kier alpha value is -2.67. The summed E-state index contributed by atoms with van der Waals surface area (Å²) in [5.74, 6) is 0.275. The summed E-state index contributed by atoms with van der Waals surface area (Å²) in [6, 6.07) is 8.76. The lowest BCUT2D eigenvalue weighted by molar-refractivity contribution is -0.114. The number of hydrogen-bond acceptors (Lipinski definition) is 4. The molecule has 0 fully saturated rings. The van der Waals surface area contributed by atoms with Gasteiger partial charge in [0.15, 0.2) is 0 Å². The fourth-order valence-electron chi connectivity index (χ4n) is 2.42. The Labute approximate surface area is 140 Å². The number of aliphatic hydroxyl groups excluding tert-OH is 1. The van der Waals surface area contributed by atoms with Crippen LogP contribution < -0.4 is 5.32 Å². The number of carbonyl (C=O) groups excluding carboxylic acids is 2. The molecule has 2 aromatic rings. The number of aliphatic hydroxyl groups is 1. The molecular formula is C17H22N4O3. The molecule has 0 aliphatic rings. The van der Waals surface area contributed by atoms with Gasteiger partial charge in [-0.05, 0) is 38.1 Å². The lowest BCUT2D eigenvalue weighted by atomic mass is 10.2. The van der Waals surface area contributed by atoms with Gasteiger partial charge in [0.1, 0.15) is 5.82 Å². The number of aryl methyl sites for hydroxylation is 1. The number of likely N-dealkylation sites (N-methyl/N-ethyl adjacent to an activating group) is 1. The lowest BCUT2D eigenvalue weighted by Gasteiger charge is -2.19. The van der Waals surface area contributed by atoms with Crippen molar-refractivity contribution in [1.29, 1.82) is 0 Å². The van der Waals surface area contributed by atoms with Gasteiger partial charge in [-0.25, -0.2) is 4.68 Å². The molecule has 2 rings (SSSR count). The molecule has 0 radical (unpaired) electrons. The number of carbonyl (C=O) groups is 2. The molecule has 0 unspecified atom stereocenters. The van der Waals surface area contributed by atoms with Crippen molar-refractivity contribution >= 4 is 17.6 Å². The molecule has 0 aliphatic carbocycles. The predicted octanol–water partition coefficient (Wildman–Crippen LogP) is 1.59. The first-order chi connectivity index (χ1) is 11.5. The number of rotatable bonds is 6. The molecule has 0 atom stereocenters. The molecule has 0 aliphatic heterocycles. The molecule has 7 heteroatoms. The maximum atomic E-state index is 12.4. The Morgan fingerprint density at radius 1 is 1.29 bits per heavy atom. The van der Waals surface area contributed by atoms with Gasteiger partial charge in [-0.3, -0.25) is 9.59 Å². The van der Waals surface area contributed by atoms with Crippen molar-refractivity contribution in [3.8, 4) is 5.69 Å². The van der Waals surface area contributed by atoms with Crippen molar-refractivity contribution in [3.63, 3.8) is 0 Å². The zero-order valence-electron chi connectivity index (χ0n) is 14.1. The van der Waals surface area contributed by atoms with Crippen molar-refractivity contribution in [2.24, 2.45) is 0 Å². The second kappa shape index (κ2) is 7.74. The van der Waals surface area contributed by atoms with Crippen molar-refractivity contribution in [2.45, 2.75) is 20.8 Å². The van der Waals surface area contributed by atoms with Crippen LogP contribution >= 0.6 is 0 Å². The number of amides is 2. The highest BCUT2D eigenvalue weighted by atomic mass is 16.3. The second-order valence-corrected chi connectivity index (χ2v) is 5.42. The average molecular weight is 330 g/mol. The van der Waals surface area contributed by atoms with Crippen LogP contribution in [0.2, 0.25) is 0 Å². The minimum absolute atomic E-state index is 0.0652. The zero-order valence-corrected chi connectivity index (χ0v) is 14.1. The molecule has 0 saturated carbocycles. The Balaban J connectivity index is 2.27. The van der Waals surface area contributed by atoms with Crippen LogP contribution in [0.15, 0.2) is 30.3 Å². The quantitative estimate of drug-likeness (QED) is 0.842. The number of aromatic nitrogens is 2. The van der Waals surface area contributed by atoms with Crippen molar-refractivity contribution < 1.29 is 14.7 Å². The van der Waals surface area contributed by atoms with E-state index in [9.17, 15) is 9.59 Å². The van der Waals surface area contributed by atoms with E-state index in [1.165, 1.54) is 6.92 Å². The van der Waals surface area contributed by atoms with Gasteiger partial charge in [0.05, 0.1) is 18.0 Å². The Kier molecular flexibility index (Phi) is 5.70. The van der Waals surface area contributed by atoms with E-state index in [1.54, 1.807) is 39.9 Å². The molecule has 1 heterocycles. The summed E-state index contributed by atoms with van der Waals surface area (Å²) in [7, 11) is 0. The van der Waals surface area contributed by atoms with E-state index in [-0.39, 0.29) is 18.4 Å². The van der Waals surface area contributed by atoms with Crippen molar-refractivity contribution in [2.75, 3.05) is 25.0 Å². The summed E-state index contributed by atoms with van der Waals surface area (Å²) in [5.41, 5.74) is 2.06. The predicted molar refractivity (Wildman–Crippen MR) is 91.3 cm³/mol. The van der Waals surface area contributed by atoms with Gasteiger partial charge in [-0.1, -0.05) is 0 Å². The number of benzene rings is 1. The van der Waals surface area contributed by atoms with Gasteiger partial charge in [0.25, 0.3) is 5.91 Å². The van der Waals surface area contributed by atoms with Crippen LogP contribution in [0, 0.1) is 6.92 Å². The van der Waals surface area contributed by atoms with E-state index < -0.39 is 0 Å². The molecule has 24 heavy (non-hydrogen) atoms. The van der Waals surface area contributed by atoms with Crippen LogP contribution in [0.1, 0.15) is 29.9 Å². The molecule has 7 nitrogen and oxygen atoms in total. The second-order valence-electron chi connectivity index (χ2n) is 5.42. The highest BCUT2D eigenvalue weighted by Gasteiger charge is 2.14. The van der Waals surface area contributed by atoms with Gasteiger partial charge in [0, 0.05) is 31.6 Å². The maximum absolute atomic E-state index is 12.4. The number of nitrogens with zero attached hydrogens (tertiary/aromatic N) is 3. The molecule has 1 aromatic carbocycles. The molecule has 2 N–H and O–H groups in total. The van der Waals surface area contributed by atoms with Crippen LogP contribution in [-0.2, 0) is 4.79 Å². The topological polar surface area (TPSA) is 87.5 Å². The van der Waals surface area contributed by atoms with E-state index in [2.05, 4.69) is 10.4 Å². The summed E-state index contributed by atoms with van der Waals surface area (Å²) in [4.78, 5) is 25.2. The van der Waals surface area contributed by atoms with Crippen LogP contribution in [0.5, 0.6) is 0 Å². The lowest BCUT2D eigenvalue weighted by Crippen LogP contribution is -2.33. The maximum Gasteiger partial charge on any atom is 0.253 e. The van der Waals surface area contributed by atoms with Gasteiger partial charge >= 0.3 is 0 Å². The van der Waals surface area contributed by atoms with Crippen LogP contribution in [0.4, 0.5) is 5.82 Å². The molecule has 0 spiro atoms. The van der Waals surface area contributed by atoms with E-state index in [4.69, 9.17) is 5.11 Å². The van der Waals surface area contributed by atoms with E-state index in [0.29, 0.717) is 24.5 Å². The zero-order chi connectivity index (χ0) is 17.7. The molecular weight excluding hydrogens is 308 g/mol. The Morgan fingerprint density at radius 3 is 2.50 bits per heavy atom. The third kappa shape index (κ3) is 3.99. The molecule has 2 amide bonds. The smallest absolute Gasteiger partial charge is 0.253 e. The average Bonchev–Trinajstić information content (AvgIpc) is 2.91. The monoisotopic (exact) mass is 330 g/mol. The van der Waals surface area contributed by atoms with Gasteiger partial charge < -0.3 is 15.3 Å². The van der Waals surface area contributed by atoms with Crippen molar-refractivity contribution in [1.82, 2.24) is 14.7 Å². The summed E-state index contributed by atoms with van der Waals surface area (Å²) >= 11 is 0. The van der Waals surface area contributed by atoms with Gasteiger partial charge in [0.2, 0.25) is 5.91 Å². The number of nitrogens with one attached hydrogen (secondary N) is 1. The molecule has 1 aromatic heterocycles. The van der Waals surface area contributed by atoms with Gasteiger partial charge in [-0.2, -0.15) is 5.10 Å². The molecule has 0 saturated heterocycles. The fourth-order valence-corrected chi connectivity index (χ4v) is 2.42. The highest BCUT2D eigenvalue weighted by Crippen LogP contribution is 2.18. The van der Waals surface area contributed by atoms with Gasteiger partial charge in [-0.15, -0.1) is 0 Å². The summed E-state index contributed by atoms with van der Waals surface area (Å²) in [6.45, 7) is 5.93. The van der Waals surface area contributed by atoms with Crippen molar-refractivity contribution in [3.05, 3.63) is 41.6 Å². The Morgan fingerprint density at radius 2 is 1.96 bits per heavy atom. The first kappa shape index (κ1) is 17.7. The third-order valence-electron chi connectivity index (χ3n) is 3.53. The first-order valence-corrected chi connectivity index (χ1v) is 7.81. The first-order valence-electron chi connectivity index (χ1n) is 7.81. The minimum atomic E-state index is -0.175. The SMILES string of the molecule is CCN(CCO)C(=O)c1ccc(-n2nc(C)cc2NC(C)=O)cc1. The van der Waals surface area contributed by atoms with Crippen LogP contribution in [0.25, 0.3) is 5.69 Å². The number of anilines is 1. The molecule has 128 valence electrons. The van der Waals surface area contributed by atoms with Crippen LogP contribution in [-0.4, -0.2) is 51.3 Å². The number of hydrogen-bond donors (Lipinski definition) is 2. The summed E-state index contributed by atoms with van der Waals surface area (Å²) in [5, 5.41) is 16.1. The highest BCUT2D eigenvalue weighted by molar-refractivity contribution is 5.94. The third-order valence-corrected chi connectivity index (χ3v) is 3.53.